The lowest BCUT2D eigenvalue weighted by Gasteiger charge is -2.28. The van der Waals surface area contributed by atoms with Gasteiger partial charge in [0.2, 0.25) is 0 Å². The van der Waals surface area contributed by atoms with E-state index in [0.29, 0.717) is 11.1 Å². The van der Waals surface area contributed by atoms with Crippen LogP contribution in [-0.4, -0.2) is 54.5 Å². The van der Waals surface area contributed by atoms with Gasteiger partial charge < -0.3 is 14.7 Å². The molecule has 0 bridgehead atoms. The summed E-state index contributed by atoms with van der Waals surface area (Å²) >= 11 is 0. The molecular formula is C26H24N2O5. The maximum absolute atomic E-state index is 12.6. The van der Waals surface area contributed by atoms with Crippen LogP contribution >= 0.6 is 0 Å². The Morgan fingerprint density at radius 3 is 1.91 bits per heavy atom. The molecule has 1 aliphatic rings. The van der Waals surface area contributed by atoms with Crippen LogP contribution in [0.25, 0.3) is 11.1 Å². The summed E-state index contributed by atoms with van der Waals surface area (Å²) in [7, 11) is 3.32. The molecule has 0 saturated heterocycles. The van der Waals surface area contributed by atoms with Crippen LogP contribution < -0.4 is 9.64 Å². The Labute approximate surface area is 191 Å². The number of carboxylic acids is 1. The summed E-state index contributed by atoms with van der Waals surface area (Å²) in [5, 5.41) is 9.82. The van der Waals surface area contributed by atoms with E-state index in [0.717, 1.165) is 27.5 Å². The van der Waals surface area contributed by atoms with Crippen molar-refractivity contribution >= 4 is 23.5 Å². The molecule has 1 heterocycles. The highest BCUT2D eigenvalue weighted by Gasteiger charge is 2.36. The van der Waals surface area contributed by atoms with Gasteiger partial charge in [-0.25, -0.2) is 4.79 Å². The van der Waals surface area contributed by atoms with Gasteiger partial charge in [0.1, 0.15) is 11.8 Å². The number of aliphatic carboxylic acids is 1. The molecule has 0 aromatic heterocycles. The first kappa shape index (κ1) is 22.1. The molecule has 0 fully saturated rings. The van der Waals surface area contributed by atoms with E-state index in [1.807, 2.05) is 48.5 Å². The summed E-state index contributed by atoms with van der Waals surface area (Å²) in [6.07, 6.45) is 0.109. The minimum absolute atomic E-state index is 0.0254. The number of hydrogen-bond donors (Lipinski definition) is 1. The standard InChI is InChI=1S/C26H24N2O5/c1-27(19-11-7-17(8-12-19)18-9-13-20(33-2)14-10-18)23(26(31)32)15-16-28-24(29)21-5-3-4-6-22(21)25(28)30/h3-14,23H,15-16H2,1-2H3,(H,31,32). The Kier molecular flexibility index (Phi) is 6.13. The normalized spacial score (nSPS) is 13.6. The number of ether oxygens (including phenoxy) is 1. The Bertz CT molecular complexity index is 1150. The molecule has 4 rings (SSSR count). The van der Waals surface area contributed by atoms with E-state index < -0.39 is 12.0 Å². The Hall–Kier alpha value is -4.13. The van der Waals surface area contributed by atoms with E-state index in [1.54, 1.807) is 43.3 Å². The number of anilines is 1. The van der Waals surface area contributed by atoms with Crippen LogP contribution in [0.5, 0.6) is 5.75 Å². The summed E-state index contributed by atoms with van der Waals surface area (Å²) in [6, 6.07) is 21.0. The molecule has 7 nitrogen and oxygen atoms in total. The number of rotatable bonds is 8. The van der Waals surface area contributed by atoms with Gasteiger partial charge >= 0.3 is 5.97 Å². The number of carbonyl (C=O) groups excluding carboxylic acids is 2. The molecule has 1 atom stereocenters. The number of methoxy groups -OCH3 is 1. The fraction of sp³-hybridized carbons (Fsp3) is 0.192. The molecular weight excluding hydrogens is 420 g/mol. The van der Waals surface area contributed by atoms with Crippen LogP contribution in [0, 0.1) is 0 Å². The average Bonchev–Trinajstić information content (AvgIpc) is 3.09. The fourth-order valence-corrected chi connectivity index (χ4v) is 4.03. The minimum Gasteiger partial charge on any atom is -0.497 e. The molecule has 7 heteroatoms. The van der Waals surface area contributed by atoms with Crippen molar-refractivity contribution < 1.29 is 24.2 Å². The number of nitrogens with zero attached hydrogens (tertiary/aromatic N) is 2. The minimum atomic E-state index is -1.02. The molecule has 2 amide bonds. The molecule has 3 aromatic carbocycles. The molecule has 1 N–H and O–H groups in total. The number of carbonyl (C=O) groups is 3. The van der Waals surface area contributed by atoms with E-state index in [-0.39, 0.29) is 24.8 Å². The summed E-state index contributed by atoms with van der Waals surface area (Å²) < 4.78 is 5.19. The molecule has 33 heavy (non-hydrogen) atoms. The average molecular weight is 444 g/mol. The maximum Gasteiger partial charge on any atom is 0.326 e. The second kappa shape index (κ2) is 9.16. The van der Waals surface area contributed by atoms with E-state index in [4.69, 9.17) is 4.74 Å². The molecule has 3 aromatic rings. The van der Waals surface area contributed by atoms with Gasteiger partial charge in [0.05, 0.1) is 18.2 Å². The SMILES string of the molecule is COc1ccc(-c2ccc(N(C)C(CCN3C(=O)c4ccccc4C3=O)C(=O)O)cc2)cc1. The van der Waals surface area contributed by atoms with Crippen molar-refractivity contribution in [1.29, 1.82) is 0 Å². The van der Waals surface area contributed by atoms with Crippen molar-refractivity contribution in [2.24, 2.45) is 0 Å². The summed E-state index contributed by atoms with van der Waals surface area (Å²) in [5.74, 6) is -1.01. The lowest BCUT2D eigenvalue weighted by molar-refractivity contribution is -0.138. The number of likely N-dealkylation sites (N-methyl/N-ethyl adjacent to an activating group) is 1. The zero-order valence-corrected chi connectivity index (χ0v) is 18.4. The first-order valence-corrected chi connectivity index (χ1v) is 10.6. The molecule has 1 unspecified atom stereocenters. The van der Waals surface area contributed by atoms with E-state index in [1.165, 1.54) is 0 Å². The maximum atomic E-state index is 12.6. The predicted octanol–water partition coefficient (Wildman–Crippen LogP) is 3.94. The van der Waals surface area contributed by atoms with Crippen molar-refractivity contribution in [2.45, 2.75) is 12.5 Å². The Morgan fingerprint density at radius 2 is 1.42 bits per heavy atom. The van der Waals surface area contributed by atoms with E-state index in [2.05, 4.69) is 0 Å². The van der Waals surface area contributed by atoms with Gasteiger partial charge in [0, 0.05) is 19.3 Å². The van der Waals surface area contributed by atoms with Crippen molar-refractivity contribution in [3.63, 3.8) is 0 Å². The smallest absolute Gasteiger partial charge is 0.326 e. The van der Waals surface area contributed by atoms with E-state index >= 15 is 0 Å². The first-order valence-electron chi connectivity index (χ1n) is 10.6. The predicted molar refractivity (Wildman–Crippen MR) is 125 cm³/mol. The number of imide groups is 1. The summed E-state index contributed by atoms with van der Waals surface area (Å²) in [4.78, 5) is 39.9. The molecule has 0 saturated carbocycles. The third-order valence-electron chi connectivity index (χ3n) is 5.95. The lowest BCUT2D eigenvalue weighted by atomic mass is 10.0. The highest BCUT2D eigenvalue weighted by Crippen LogP contribution is 2.27. The quantitative estimate of drug-likeness (QED) is 0.530. The number of hydrogen-bond acceptors (Lipinski definition) is 5. The monoisotopic (exact) mass is 444 g/mol. The van der Waals surface area contributed by atoms with Gasteiger partial charge in [-0.1, -0.05) is 36.4 Å². The van der Waals surface area contributed by atoms with Gasteiger partial charge in [0.15, 0.2) is 0 Å². The highest BCUT2D eigenvalue weighted by atomic mass is 16.5. The second-order valence-corrected chi connectivity index (χ2v) is 7.84. The first-order chi connectivity index (χ1) is 15.9. The number of fused-ring (bicyclic) bond motifs is 1. The molecule has 0 radical (unpaired) electrons. The van der Waals surface area contributed by atoms with Crippen molar-refractivity contribution in [3.05, 3.63) is 83.9 Å². The van der Waals surface area contributed by atoms with Gasteiger partial charge in [-0.2, -0.15) is 0 Å². The van der Waals surface area contributed by atoms with Crippen LogP contribution in [-0.2, 0) is 4.79 Å². The van der Waals surface area contributed by atoms with Crippen LogP contribution in [0.4, 0.5) is 5.69 Å². The Balaban J connectivity index is 1.46. The Morgan fingerprint density at radius 1 is 0.909 bits per heavy atom. The van der Waals surface area contributed by atoms with Crippen molar-refractivity contribution in [1.82, 2.24) is 4.90 Å². The van der Waals surface area contributed by atoms with Crippen molar-refractivity contribution in [2.75, 3.05) is 25.6 Å². The van der Waals surface area contributed by atoms with Crippen molar-refractivity contribution in [3.8, 4) is 16.9 Å². The van der Waals surface area contributed by atoms with Crippen LogP contribution in [0.15, 0.2) is 72.8 Å². The zero-order chi connectivity index (χ0) is 23.5. The van der Waals surface area contributed by atoms with Gasteiger partial charge in [-0.05, 0) is 53.9 Å². The van der Waals surface area contributed by atoms with Gasteiger partial charge in [-0.3, -0.25) is 14.5 Å². The van der Waals surface area contributed by atoms with Crippen LogP contribution in [0.3, 0.4) is 0 Å². The summed E-state index contributed by atoms with van der Waals surface area (Å²) in [5.41, 5.74) is 3.45. The number of carboxylic acid groups (broad SMARTS) is 1. The van der Waals surface area contributed by atoms with Gasteiger partial charge in [-0.15, -0.1) is 0 Å². The number of benzene rings is 3. The van der Waals surface area contributed by atoms with Crippen LogP contribution in [0.1, 0.15) is 27.1 Å². The molecule has 1 aliphatic heterocycles. The largest absolute Gasteiger partial charge is 0.497 e. The topological polar surface area (TPSA) is 87.2 Å². The van der Waals surface area contributed by atoms with Gasteiger partial charge in [0.25, 0.3) is 11.8 Å². The second-order valence-electron chi connectivity index (χ2n) is 7.84. The van der Waals surface area contributed by atoms with Crippen LogP contribution in [0.2, 0.25) is 0 Å². The van der Waals surface area contributed by atoms with E-state index in [9.17, 15) is 19.5 Å². The molecule has 0 spiro atoms. The molecule has 168 valence electrons. The lowest BCUT2D eigenvalue weighted by Crippen LogP contribution is -2.42. The summed E-state index contributed by atoms with van der Waals surface area (Å²) in [6.45, 7) is 0.0254. The highest BCUT2D eigenvalue weighted by molar-refractivity contribution is 6.21. The fourth-order valence-electron chi connectivity index (χ4n) is 4.03. The zero-order valence-electron chi connectivity index (χ0n) is 18.4. The molecule has 0 aliphatic carbocycles. The third-order valence-corrected chi connectivity index (χ3v) is 5.95. The number of amides is 2. The third kappa shape index (κ3) is 4.30.